The lowest BCUT2D eigenvalue weighted by atomic mass is 9.87. The van der Waals surface area contributed by atoms with Crippen molar-refractivity contribution >= 4 is 0 Å². The molecule has 2 N–H and O–H groups in total. The van der Waals surface area contributed by atoms with E-state index in [1.54, 1.807) is 7.11 Å². The second-order valence-electron chi connectivity index (χ2n) is 6.76. The molecule has 1 heterocycles. The molecule has 0 radical (unpaired) electrons. The van der Waals surface area contributed by atoms with E-state index in [2.05, 4.69) is 37.8 Å². The normalized spacial score (nSPS) is 21.6. The Morgan fingerprint density at radius 2 is 2.05 bits per heavy atom. The van der Waals surface area contributed by atoms with Crippen LogP contribution in [-0.4, -0.2) is 36.2 Å². The van der Waals surface area contributed by atoms with Crippen LogP contribution in [0.15, 0.2) is 24.3 Å². The Hall–Kier alpha value is -1.06. The highest BCUT2D eigenvalue weighted by Gasteiger charge is 2.43. The van der Waals surface area contributed by atoms with E-state index in [1.807, 2.05) is 12.1 Å². The standard InChI is InChI=1S/C17H28N2O/c1-16(2)10-7-11-19(16)17(3,13-18)12-14-8-5-6-9-15(14)20-4/h5-6,8-9H,7,10-13,18H2,1-4H3. The molecular formula is C17H28N2O. The van der Waals surface area contributed by atoms with Gasteiger partial charge in [0.25, 0.3) is 0 Å². The van der Waals surface area contributed by atoms with Crippen molar-refractivity contribution in [3.05, 3.63) is 29.8 Å². The zero-order valence-corrected chi connectivity index (χ0v) is 13.3. The van der Waals surface area contributed by atoms with Crippen molar-refractivity contribution in [1.82, 2.24) is 4.90 Å². The summed E-state index contributed by atoms with van der Waals surface area (Å²) in [5.41, 5.74) is 7.62. The maximum absolute atomic E-state index is 6.16. The average Bonchev–Trinajstić information content (AvgIpc) is 2.79. The van der Waals surface area contributed by atoms with E-state index in [9.17, 15) is 0 Å². The lowest BCUT2D eigenvalue weighted by molar-refractivity contribution is 0.0474. The quantitative estimate of drug-likeness (QED) is 0.898. The fourth-order valence-electron chi connectivity index (χ4n) is 3.65. The van der Waals surface area contributed by atoms with E-state index in [0.717, 1.165) is 18.7 Å². The molecule has 1 aliphatic heterocycles. The summed E-state index contributed by atoms with van der Waals surface area (Å²) in [4.78, 5) is 2.59. The molecular weight excluding hydrogens is 248 g/mol. The van der Waals surface area contributed by atoms with Crippen molar-refractivity contribution in [3.8, 4) is 5.75 Å². The van der Waals surface area contributed by atoms with Crippen LogP contribution in [0.25, 0.3) is 0 Å². The Bertz CT molecular complexity index is 458. The molecule has 1 aromatic rings. The number of nitrogens with two attached hydrogens (primary N) is 1. The van der Waals surface area contributed by atoms with Gasteiger partial charge < -0.3 is 10.5 Å². The summed E-state index contributed by atoms with van der Waals surface area (Å²) in [6.07, 6.45) is 3.43. The second-order valence-corrected chi connectivity index (χ2v) is 6.76. The monoisotopic (exact) mass is 276 g/mol. The summed E-state index contributed by atoms with van der Waals surface area (Å²) >= 11 is 0. The summed E-state index contributed by atoms with van der Waals surface area (Å²) in [5, 5.41) is 0. The molecule has 1 saturated heterocycles. The number of para-hydroxylation sites is 1. The minimum absolute atomic E-state index is 0.0192. The molecule has 0 aliphatic carbocycles. The fourth-order valence-corrected chi connectivity index (χ4v) is 3.65. The van der Waals surface area contributed by atoms with E-state index in [-0.39, 0.29) is 11.1 Å². The zero-order chi connectivity index (χ0) is 14.8. The maximum atomic E-state index is 6.16. The predicted molar refractivity (Wildman–Crippen MR) is 84.2 cm³/mol. The van der Waals surface area contributed by atoms with Gasteiger partial charge in [-0.2, -0.15) is 0 Å². The van der Waals surface area contributed by atoms with E-state index >= 15 is 0 Å². The molecule has 2 rings (SSSR count). The third-order valence-electron chi connectivity index (χ3n) is 4.76. The van der Waals surface area contributed by atoms with Crippen LogP contribution in [0, 0.1) is 0 Å². The molecule has 0 aromatic heterocycles. The van der Waals surface area contributed by atoms with Crippen molar-refractivity contribution in [1.29, 1.82) is 0 Å². The number of hydrogen-bond acceptors (Lipinski definition) is 3. The second kappa shape index (κ2) is 5.74. The van der Waals surface area contributed by atoms with Gasteiger partial charge in [-0.05, 0) is 58.2 Å². The molecule has 0 amide bonds. The lowest BCUT2D eigenvalue weighted by Gasteiger charge is -2.46. The van der Waals surface area contributed by atoms with Gasteiger partial charge in [-0.15, -0.1) is 0 Å². The van der Waals surface area contributed by atoms with Gasteiger partial charge in [-0.1, -0.05) is 18.2 Å². The van der Waals surface area contributed by atoms with Gasteiger partial charge in [-0.25, -0.2) is 0 Å². The van der Waals surface area contributed by atoms with Crippen molar-refractivity contribution in [2.75, 3.05) is 20.2 Å². The summed E-state index contributed by atoms with van der Waals surface area (Å²) in [5.74, 6) is 0.962. The van der Waals surface area contributed by atoms with Crippen molar-refractivity contribution in [2.45, 2.75) is 51.1 Å². The molecule has 3 nitrogen and oxygen atoms in total. The van der Waals surface area contributed by atoms with Crippen molar-refractivity contribution < 1.29 is 4.74 Å². The van der Waals surface area contributed by atoms with Crippen LogP contribution in [0.1, 0.15) is 39.2 Å². The Morgan fingerprint density at radius 3 is 2.60 bits per heavy atom. The minimum Gasteiger partial charge on any atom is -0.496 e. The number of methoxy groups -OCH3 is 1. The SMILES string of the molecule is COc1ccccc1CC(C)(CN)N1CCCC1(C)C. The average molecular weight is 276 g/mol. The van der Waals surface area contributed by atoms with Crippen molar-refractivity contribution in [3.63, 3.8) is 0 Å². The number of rotatable bonds is 5. The molecule has 1 fully saturated rings. The van der Waals surface area contributed by atoms with Crippen LogP contribution in [0.5, 0.6) is 5.75 Å². The Labute approximate surface area is 123 Å². The third-order valence-corrected chi connectivity index (χ3v) is 4.76. The molecule has 1 aliphatic rings. The van der Waals surface area contributed by atoms with Crippen molar-refractivity contribution in [2.24, 2.45) is 5.73 Å². The van der Waals surface area contributed by atoms with Crippen LogP contribution >= 0.6 is 0 Å². The molecule has 0 spiro atoms. The van der Waals surface area contributed by atoms with E-state index in [4.69, 9.17) is 10.5 Å². The molecule has 1 unspecified atom stereocenters. The first-order valence-electron chi connectivity index (χ1n) is 7.53. The summed E-state index contributed by atoms with van der Waals surface area (Å²) in [6, 6.07) is 8.27. The molecule has 112 valence electrons. The van der Waals surface area contributed by atoms with Gasteiger partial charge in [0.15, 0.2) is 0 Å². The van der Waals surface area contributed by atoms with Gasteiger partial charge >= 0.3 is 0 Å². The van der Waals surface area contributed by atoms with Gasteiger partial charge in [0.1, 0.15) is 5.75 Å². The van der Waals surface area contributed by atoms with Crippen LogP contribution in [-0.2, 0) is 6.42 Å². The fraction of sp³-hybridized carbons (Fsp3) is 0.647. The number of nitrogens with zero attached hydrogens (tertiary/aromatic N) is 1. The molecule has 1 atom stereocenters. The molecule has 3 heteroatoms. The van der Waals surface area contributed by atoms with Gasteiger partial charge in [0.05, 0.1) is 7.11 Å². The summed E-state index contributed by atoms with van der Waals surface area (Å²) in [7, 11) is 1.73. The zero-order valence-electron chi connectivity index (χ0n) is 13.3. The minimum atomic E-state index is -0.0192. The highest BCUT2D eigenvalue weighted by Crippen LogP contribution is 2.37. The Morgan fingerprint density at radius 1 is 1.35 bits per heavy atom. The van der Waals surface area contributed by atoms with Crippen LogP contribution in [0.2, 0.25) is 0 Å². The summed E-state index contributed by atoms with van der Waals surface area (Å²) < 4.78 is 5.49. The predicted octanol–water partition coefficient (Wildman–Crippen LogP) is 2.83. The van der Waals surface area contributed by atoms with Crippen LogP contribution in [0.4, 0.5) is 0 Å². The van der Waals surface area contributed by atoms with E-state index in [0.29, 0.717) is 6.54 Å². The maximum Gasteiger partial charge on any atom is 0.122 e. The number of benzene rings is 1. The van der Waals surface area contributed by atoms with Crippen LogP contribution in [0.3, 0.4) is 0 Å². The first-order valence-corrected chi connectivity index (χ1v) is 7.53. The number of hydrogen-bond donors (Lipinski definition) is 1. The first kappa shape index (κ1) is 15.3. The summed E-state index contributed by atoms with van der Waals surface area (Å²) in [6.45, 7) is 8.74. The van der Waals surface area contributed by atoms with Gasteiger partial charge in [-0.3, -0.25) is 4.90 Å². The van der Waals surface area contributed by atoms with E-state index < -0.39 is 0 Å². The van der Waals surface area contributed by atoms with E-state index in [1.165, 1.54) is 18.4 Å². The molecule has 0 saturated carbocycles. The largest absolute Gasteiger partial charge is 0.496 e. The van der Waals surface area contributed by atoms with Crippen LogP contribution < -0.4 is 10.5 Å². The third kappa shape index (κ3) is 2.84. The first-order chi connectivity index (χ1) is 9.43. The molecule has 0 bridgehead atoms. The lowest BCUT2D eigenvalue weighted by Crippen LogP contribution is -2.58. The van der Waals surface area contributed by atoms with Gasteiger partial charge in [0, 0.05) is 17.6 Å². The molecule has 1 aromatic carbocycles. The number of likely N-dealkylation sites (tertiary alicyclic amines) is 1. The smallest absolute Gasteiger partial charge is 0.122 e. The number of ether oxygens (including phenoxy) is 1. The highest BCUT2D eigenvalue weighted by atomic mass is 16.5. The highest BCUT2D eigenvalue weighted by molar-refractivity contribution is 5.35. The molecule has 20 heavy (non-hydrogen) atoms. The van der Waals surface area contributed by atoms with Gasteiger partial charge in [0.2, 0.25) is 0 Å². The Balaban J connectivity index is 2.27. The Kier molecular flexibility index (Phi) is 4.40. The topological polar surface area (TPSA) is 38.5 Å².